The van der Waals surface area contributed by atoms with Crippen LogP contribution in [-0.2, 0) is 0 Å². The maximum atomic E-state index is 5.83. The first-order valence-corrected chi connectivity index (χ1v) is 8.42. The van der Waals surface area contributed by atoms with Crippen LogP contribution in [-0.4, -0.2) is 26.0 Å². The lowest BCUT2D eigenvalue weighted by Gasteiger charge is -2.09. The van der Waals surface area contributed by atoms with Gasteiger partial charge in [0.25, 0.3) is 0 Å². The number of anilines is 1. The number of benzene rings is 1. The number of fused-ring (bicyclic) bond motifs is 1. The molecule has 3 aromatic heterocycles. The van der Waals surface area contributed by atoms with Crippen LogP contribution in [0.3, 0.4) is 0 Å². The Morgan fingerprint density at radius 2 is 1.96 bits per heavy atom. The predicted molar refractivity (Wildman–Crippen MR) is 103 cm³/mol. The van der Waals surface area contributed by atoms with E-state index in [2.05, 4.69) is 26.0 Å². The van der Waals surface area contributed by atoms with E-state index in [9.17, 15) is 0 Å². The van der Waals surface area contributed by atoms with Crippen LogP contribution in [0.25, 0.3) is 33.3 Å². The van der Waals surface area contributed by atoms with E-state index in [-0.39, 0.29) is 6.10 Å². The third-order valence-corrected chi connectivity index (χ3v) is 4.04. The van der Waals surface area contributed by atoms with E-state index in [1.54, 1.807) is 18.6 Å². The van der Waals surface area contributed by atoms with E-state index in [1.165, 1.54) is 0 Å². The number of rotatable bonds is 4. The molecule has 0 saturated carbocycles. The molecule has 0 amide bonds. The summed E-state index contributed by atoms with van der Waals surface area (Å²) in [6, 6.07) is 9.97. The first-order chi connectivity index (χ1) is 12.6. The number of hydrogen-bond donors (Lipinski definition) is 2. The molecule has 3 N–H and O–H groups in total. The van der Waals surface area contributed by atoms with E-state index >= 15 is 0 Å². The van der Waals surface area contributed by atoms with Crippen molar-refractivity contribution >= 4 is 16.7 Å². The summed E-state index contributed by atoms with van der Waals surface area (Å²) >= 11 is 0. The van der Waals surface area contributed by atoms with Gasteiger partial charge in [-0.25, -0.2) is 9.97 Å². The lowest BCUT2D eigenvalue weighted by Crippen LogP contribution is -2.07. The molecular weight excluding hydrogens is 326 g/mol. The van der Waals surface area contributed by atoms with Crippen LogP contribution < -0.4 is 10.5 Å². The Morgan fingerprint density at radius 1 is 1.08 bits per heavy atom. The summed E-state index contributed by atoms with van der Waals surface area (Å²) in [4.78, 5) is 16.2. The second-order valence-corrected chi connectivity index (χ2v) is 6.34. The Morgan fingerprint density at radius 3 is 2.77 bits per heavy atom. The standard InChI is InChI=1S/C20H19N5O/c1-12(2)26-20-11-22-10-18(25-20)14-3-4-17-15(7-14)16(9-24-17)13-5-6-23-19(21)8-13/h3-12,24H,1-2H3,(H2,21,23). The summed E-state index contributed by atoms with van der Waals surface area (Å²) in [6.45, 7) is 3.93. The molecule has 0 aliphatic heterocycles. The summed E-state index contributed by atoms with van der Waals surface area (Å²) < 4.78 is 5.65. The molecule has 0 saturated heterocycles. The smallest absolute Gasteiger partial charge is 0.233 e. The quantitative estimate of drug-likeness (QED) is 0.582. The van der Waals surface area contributed by atoms with Crippen molar-refractivity contribution in [1.29, 1.82) is 0 Å². The molecule has 4 rings (SSSR count). The highest BCUT2D eigenvalue weighted by molar-refractivity contribution is 5.98. The molecule has 0 bridgehead atoms. The number of hydrogen-bond acceptors (Lipinski definition) is 5. The predicted octanol–water partition coefficient (Wildman–Crippen LogP) is 4.06. The Kier molecular flexibility index (Phi) is 4.01. The molecule has 3 heterocycles. The number of aromatic amines is 1. The molecule has 0 unspecified atom stereocenters. The van der Waals surface area contributed by atoms with Crippen molar-refractivity contribution in [3.8, 4) is 28.3 Å². The summed E-state index contributed by atoms with van der Waals surface area (Å²) in [7, 11) is 0. The van der Waals surface area contributed by atoms with E-state index in [4.69, 9.17) is 10.5 Å². The molecule has 0 spiro atoms. The van der Waals surface area contributed by atoms with Crippen LogP contribution in [0.2, 0.25) is 0 Å². The van der Waals surface area contributed by atoms with E-state index in [1.807, 2.05) is 44.3 Å². The van der Waals surface area contributed by atoms with Gasteiger partial charge in [0, 0.05) is 34.4 Å². The van der Waals surface area contributed by atoms with E-state index in [0.717, 1.165) is 33.3 Å². The number of nitrogens with one attached hydrogen (secondary N) is 1. The Bertz CT molecular complexity index is 1070. The third-order valence-electron chi connectivity index (χ3n) is 4.04. The second-order valence-electron chi connectivity index (χ2n) is 6.34. The minimum Gasteiger partial charge on any atom is -0.474 e. The van der Waals surface area contributed by atoms with Crippen molar-refractivity contribution < 1.29 is 4.74 Å². The molecule has 0 radical (unpaired) electrons. The Hall–Kier alpha value is -3.41. The Labute approximate surface area is 151 Å². The highest BCUT2D eigenvalue weighted by Crippen LogP contribution is 2.32. The molecule has 0 aliphatic rings. The first-order valence-electron chi connectivity index (χ1n) is 8.42. The van der Waals surface area contributed by atoms with Crippen LogP contribution in [0.15, 0.2) is 55.1 Å². The zero-order valence-electron chi connectivity index (χ0n) is 14.6. The minimum absolute atomic E-state index is 0.0513. The van der Waals surface area contributed by atoms with Crippen LogP contribution >= 0.6 is 0 Å². The highest BCUT2D eigenvalue weighted by Gasteiger charge is 2.10. The van der Waals surface area contributed by atoms with Gasteiger partial charge in [-0.2, -0.15) is 0 Å². The fraction of sp³-hybridized carbons (Fsp3) is 0.150. The second kappa shape index (κ2) is 6.48. The van der Waals surface area contributed by atoms with Gasteiger partial charge in [0.2, 0.25) is 5.88 Å². The number of pyridine rings is 1. The van der Waals surface area contributed by atoms with Crippen LogP contribution in [0, 0.1) is 0 Å². The topological polar surface area (TPSA) is 89.7 Å². The summed E-state index contributed by atoms with van der Waals surface area (Å²) in [5, 5.41) is 1.09. The summed E-state index contributed by atoms with van der Waals surface area (Å²) in [5.74, 6) is 1.02. The molecule has 4 aromatic rings. The molecular formula is C20H19N5O. The molecule has 6 heteroatoms. The van der Waals surface area contributed by atoms with Gasteiger partial charge >= 0.3 is 0 Å². The average Bonchev–Trinajstić information content (AvgIpc) is 3.04. The van der Waals surface area contributed by atoms with Crippen molar-refractivity contribution in [2.75, 3.05) is 5.73 Å². The van der Waals surface area contributed by atoms with Gasteiger partial charge in [0.05, 0.1) is 24.2 Å². The van der Waals surface area contributed by atoms with Crippen molar-refractivity contribution in [2.45, 2.75) is 20.0 Å². The molecule has 0 fully saturated rings. The maximum Gasteiger partial charge on any atom is 0.233 e. The molecule has 0 aliphatic carbocycles. The number of nitrogens with two attached hydrogens (primary N) is 1. The molecule has 1 aromatic carbocycles. The van der Waals surface area contributed by atoms with Crippen LogP contribution in [0.1, 0.15) is 13.8 Å². The molecule has 6 nitrogen and oxygen atoms in total. The Balaban J connectivity index is 1.79. The van der Waals surface area contributed by atoms with E-state index < -0.39 is 0 Å². The van der Waals surface area contributed by atoms with Gasteiger partial charge < -0.3 is 15.5 Å². The van der Waals surface area contributed by atoms with Crippen molar-refractivity contribution in [3.05, 3.63) is 55.1 Å². The molecule has 26 heavy (non-hydrogen) atoms. The van der Waals surface area contributed by atoms with Gasteiger partial charge in [0.15, 0.2) is 0 Å². The van der Waals surface area contributed by atoms with Gasteiger partial charge in [-0.1, -0.05) is 6.07 Å². The van der Waals surface area contributed by atoms with Crippen molar-refractivity contribution in [1.82, 2.24) is 19.9 Å². The number of nitrogen functional groups attached to an aromatic ring is 1. The van der Waals surface area contributed by atoms with Gasteiger partial charge in [-0.15, -0.1) is 0 Å². The third kappa shape index (κ3) is 3.09. The maximum absolute atomic E-state index is 5.83. The number of H-pyrrole nitrogens is 1. The number of ether oxygens (including phenoxy) is 1. The van der Waals surface area contributed by atoms with Crippen LogP contribution in [0.5, 0.6) is 5.88 Å². The zero-order valence-corrected chi connectivity index (χ0v) is 14.6. The van der Waals surface area contributed by atoms with Gasteiger partial charge in [-0.05, 0) is 43.7 Å². The number of nitrogens with zero attached hydrogens (tertiary/aromatic N) is 3. The minimum atomic E-state index is 0.0513. The average molecular weight is 345 g/mol. The highest BCUT2D eigenvalue weighted by atomic mass is 16.5. The lowest BCUT2D eigenvalue weighted by molar-refractivity contribution is 0.232. The monoisotopic (exact) mass is 345 g/mol. The number of aromatic nitrogens is 4. The largest absolute Gasteiger partial charge is 0.474 e. The first kappa shape index (κ1) is 16.1. The lowest BCUT2D eigenvalue weighted by atomic mass is 10.0. The van der Waals surface area contributed by atoms with E-state index in [0.29, 0.717) is 11.7 Å². The molecule has 130 valence electrons. The van der Waals surface area contributed by atoms with Crippen LogP contribution in [0.4, 0.5) is 5.82 Å². The fourth-order valence-corrected chi connectivity index (χ4v) is 2.92. The summed E-state index contributed by atoms with van der Waals surface area (Å²) in [6.07, 6.45) is 7.11. The fourth-order valence-electron chi connectivity index (χ4n) is 2.92. The van der Waals surface area contributed by atoms with Gasteiger partial charge in [0.1, 0.15) is 5.82 Å². The molecule has 0 atom stereocenters. The van der Waals surface area contributed by atoms with Crippen molar-refractivity contribution in [3.63, 3.8) is 0 Å². The normalized spacial score (nSPS) is 11.2. The van der Waals surface area contributed by atoms with Crippen molar-refractivity contribution in [2.24, 2.45) is 0 Å². The SMILES string of the molecule is CC(C)Oc1cncc(-c2ccc3[nH]cc(-c4ccnc(N)c4)c3c2)n1. The summed E-state index contributed by atoms with van der Waals surface area (Å²) in [5.41, 5.74) is 10.7. The van der Waals surface area contributed by atoms with Gasteiger partial charge in [-0.3, -0.25) is 4.98 Å². The zero-order chi connectivity index (χ0) is 18.1.